The lowest BCUT2D eigenvalue weighted by Crippen LogP contribution is -2.58. The number of benzene rings is 1. The van der Waals surface area contributed by atoms with Crippen molar-refractivity contribution in [2.75, 3.05) is 0 Å². The summed E-state index contributed by atoms with van der Waals surface area (Å²) in [4.78, 5) is 25.3. The Morgan fingerprint density at radius 2 is 1.76 bits per heavy atom. The number of Topliss-reactive ketones (excluding diaryl/α,β-unsaturated/α-hetero) is 1. The molecule has 6 heteroatoms. The fourth-order valence-electron chi connectivity index (χ4n) is 8.39. The molecule has 1 N–H and O–H groups in total. The van der Waals surface area contributed by atoms with Crippen molar-refractivity contribution in [2.24, 2.45) is 34.5 Å². The average molecular weight is 485 g/mol. The minimum atomic E-state index is -3.69. The van der Waals surface area contributed by atoms with Gasteiger partial charge in [0.1, 0.15) is 5.78 Å². The highest BCUT2D eigenvalue weighted by molar-refractivity contribution is 7.92. The number of aliphatic hydroxyl groups is 1. The normalized spacial score (nSPS) is 41.8. The molecule has 0 aliphatic heterocycles. The number of carbonyl (C=O) groups excluding carboxylic acids is 2. The molecule has 0 radical (unpaired) electrons. The van der Waals surface area contributed by atoms with Gasteiger partial charge in [-0.15, -0.1) is 0 Å². The standard InChI is InChI=1S/C28H36O5S/c1-16-5-8-20(9-6-16)34(32,33)24-14-22(17(2)29)28(4)25(31)15-23-21(26(24)28)10-7-18-13-19(30)11-12-27(18,23)3/h5-6,8-9,13,21-26,31H,7,10-12,14-15H2,1-4H3/t21-,22-,23+,24+,25-,26-,27+,28+/m1/s1. The Balaban J connectivity index is 1.63. The van der Waals surface area contributed by atoms with Crippen LogP contribution in [0.15, 0.2) is 40.8 Å². The van der Waals surface area contributed by atoms with Crippen LogP contribution < -0.4 is 0 Å². The van der Waals surface area contributed by atoms with E-state index < -0.39 is 32.5 Å². The quantitative estimate of drug-likeness (QED) is 0.685. The highest BCUT2D eigenvalue weighted by Crippen LogP contribution is 2.67. The van der Waals surface area contributed by atoms with Gasteiger partial charge in [0.2, 0.25) is 0 Å². The molecule has 3 fully saturated rings. The molecule has 0 amide bonds. The van der Waals surface area contributed by atoms with E-state index in [4.69, 9.17) is 0 Å². The summed E-state index contributed by atoms with van der Waals surface area (Å²) in [6.07, 6.45) is 4.73. The van der Waals surface area contributed by atoms with E-state index in [-0.39, 0.29) is 41.2 Å². The summed E-state index contributed by atoms with van der Waals surface area (Å²) in [5.74, 6) is -0.427. The van der Waals surface area contributed by atoms with Crippen LogP contribution >= 0.6 is 0 Å². The molecule has 0 saturated heterocycles. The monoisotopic (exact) mass is 484 g/mol. The molecule has 34 heavy (non-hydrogen) atoms. The molecule has 3 saturated carbocycles. The summed E-state index contributed by atoms with van der Waals surface area (Å²) in [5, 5.41) is 10.9. The average Bonchev–Trinajstić information content (AvgIpc) is 3.11. The smallest absolute Gasteiger partial charge is 0.181 e. The first-order valence-corrected chi connectivity index (χ1v) is 14.2. The van der Waals surface area contributed by atoms with Gasteiger partial charge >= 0.3 is 0 Å². The first kappa shape index (κ1) is 23.9. The minimum Gasteiger partial charge on any atom is -0.393 e. The minimum absolute atomic E-state index is 0.0301. The molecule has 0 aromatic heterocycles. The highest BCUT2D eigenvalue weighted by Gasteiger charge is 2.68. The summed E-state index contributed by atoms with van der Waals surface area (Å²) in [7, 11) is -3.69. The van der Waals surface area contributed by atoms with Crippen LogP contribution in [0.4, 0.5) is 0 Å². The van der Waals surface area contributed by atoms with E-state index in [2.05, 4.69) is 6.92 Å². The van der Waals surface area contributed by atoms with Crippen LogP contribution in [-0.4, -0.2) is 36.4 Å². The van der Waals surface area contributed by atoms with Crippen molar-refractivity contribution in [2.45, 2.75) is 82.5 Å². The highest BCUT2D eigenvalue weighted by atomic mass is 32.2. The van der Waals surface area contributed by atoms with Crippen LogP contribution in [0.2, 0.25) is 0 Å². The third-order valence-electron chi connectivity index (χ3n) is 10.3. The van der Waals surface area contributed by atoms with E-state index in [0.29, 0.717) is 17.7 Å². The third kappa shape index (κ3) is 3.24. The second kappa shape index (κ2) is 7.86. The molecule has 0 unspecified atom stereocenters. The Labute approximate surface area is 202 Å². The fourth-order valence-corrected chi connectivity index (χ4v) is 10.6. The number of ketones is 2. The van der Waals surface area contributed by atoms with Crippen LogP contribution in [0.3, 0.4) is 0 Å². The number of sulfone groups is 1. The van der Waals surface area contributed by atoms with Gasteiger partial charge in [-0.1, -0.05) is 37.1 Å². The van der Waals surface area contributed by atoms with E-state index in [1.165, 1.54) is 5.57 Å². The molecule has 8 atom stereocenters. The maximum atomic E-state index is 14.0. The van der Waals surface area contributed by atoms with Gasteiger partial charge < -0.3 is 5.11 Å². The number of rotatable bonds is 3. The number of hydrogen-bond donors (Lipinski definition) is 1. The molecule has 5 rings (SSSR count). The van der Waals surface area contributed by atoms with Crippen molar-refractivity contribution in [1.82, 2.24) is 0 Å². The number of aliphatic hydroxyl groups excluding tert-OH is 1. The van der Waals surface area contributed by atoms with E-state index in [1.54, 1.807) is 19.1 Å². The van der Waals surface area contributed by atoms with Gasteiger partial charge in [0.25, 0.3) is 0 Å². The Bertz CT molecular complexity index is 1170. The second-order valence-electron chi connectivity index (χ2n) is 11.8. The summed E-state index contributed by atoms with van der Waals surface area (Å²) in [5.41, 5.74) is 1.19. The van der Waals surface area contributed by atoms with E-state index in [9.17, 15) is 23.1 Å². The molecule has 1 aromatic rings. The van der Waals surface area contributed by atoms with Gasteiger partial charge in [0.05, 0.1) is 16.2 Å². The molecule has 184 valence electrons. The first-order chi connectivity index (χ1) is 15.9. The lowest BCUT2D eigenvalue weighted by Gasteiger charge is -2.60. The maximum Gasteiger partial charge on any atom is 0.181 e. The van der Waals surface area contributed by atoms with Gasteiger partial charge in [-0.2, -0.15) is 0 Å². The lowest BCUT2D eigenvalue weighted by atomic mass is 9.46. The second-order valence-corrected chi connectivity index (χ2v) is 14.0. The molecule has 0 spiro atoms. The Hall–Kier alpha value is -1.79. The van der Waals surface area contributed by atoms with Gasteiger partial charge in [-0.05, 0) is 87.3 Å². The van der Waals surface area contributed by atoms with Crippen LogP contribution in [0.1, 0.15) is 64.9 Å². The fraction of sp³-hybridized carbons (Fsp3) is 0.643. The summed E-state index contributed by atoms with van der Waals surface area (Å²) >= 11 is 0. The summed E-state index contributed by atoms with van der Waals surface area (Å²) in [6, 6.07) is 6.99. The Morgan fingerprint density at radius 3 is 2.41 bits per heavy atom. The van der Waals surface area contributed by atoms with Crippen LogP contribution in [-0.2, 0) is 19.4 Å². The molecular formula is C28H36O5S. The van der Waals surface area contributed by atoms with E-state index >= 15 is 0 Å². The van der Waals surface area contributed by atoms with Crippen molar-refractivity contribution in [3.05, 3.63) is 41.5 Å². The Morgan fingerprint density at radius 1 is 1.09 bits per heavy atom. The first-order valence-electron chi connectivity index (χ1n) is 12.6. The molecule has 4 aliphatic carbocycles. The third-order valence-corrected chi connectivity index (χ3v) is 12.5. The zero-order chi connectivity index (χ0) is 24.6. The maximum absolute atomic E-state index is 14.0. The predicted molar refractivity (Wildman–Crippen MR) is 130 cm³/mol. The number of hydrogen-bond acceptors (Lipinski definition) is 5. The van der Waals surface area contributed by atoms with Crippen molar-refractivity contribution >= 4 is 21.4 Å². The van der Waals surface area contributed by atoms with Gasteiger partial charge in [-0.25, -0.2) is 8.42 Å². The Kier molecular flexibility index (Phi) is 5.53. The predicted octanol–water partition coefficient (Wildman–Crippen LogP) is 4.46. The van der Waals surface area contributed by atoms with E-state index in [1.807, 2.05) is 32.1 Å². The lowest BCUT2D eigenvalue weighted by molar-refractivity contribution is -0.148. The van der Waals surface area contributed by atoms with Crippen molar-refractivity contribution in [1.29, 1.82) is 0 Å². The van der Waals surface area contributed by atoms with Gasteiger partial charge in [-0.3, -0.25) is 9.59 Å². The van der Waals surface area contributed by atoms with Gasteiger partial charge in [0, 0.05) is 17.8 Å². The topological polar surface area (TPSA) is 88.5 Å². The molecule has 0 bridgehead atoms. The number of fused-ring (bicyclic) bond motifs is 5. The number of aryl methyl sites for hydroxylation is 1. The van der Waals surface area contributed by atoms with Crippen molar-refractivity contribution < 1.29 is 23.1 Å². The molecule has 1 aromatic carbocycles. The summed E-state index contributed by atoms with van der Waals surface area (Å²) in [6.45, 7) is 7.65. The zero-order valence-electron chi connectivity index (χ0n) is 20.6. The SMILES string of the molecule is CC(=O)[C@H]1C[C@H](S(=O)(=O)c2ccc(C)cc2)[C@H]2[C@@H]3CCC4=CC(=O)CC[C@]4(C)[C@H]3C[C@@H](O)[C@@]21C. The molecule has 4 aliphatic rings. The number of carbonyl (C=O) groups is 2. The molecular weight excluding hydrogens is 448 g/mol. The molecule has 0 heterocycles. The van der Waals surface area contributed by atoms with Crippen LogP contribution in [0.5, 0.6) is 0 Å². The van der Waals surface area contributed by atoms with Gasteiger partial charge in [0.15, 0.2) is 15.6 Å². The summed E-state index contributed by atoms with van der Waals surface area (Å²) < 4.78 is 28.1. The van der Waals surface area contributed by atoms with Crippen molar-refractivity contribution in [3.63, 3.8) is 0 Å². The largest absolute Gasteiger partial charge is 0.393 e. The van der Waals surface area contributed by atoms with Crippen LogP contribution in [0, 0.1) is 41.4 Å². The molecule has 5 nitrogen and oxygen atoms in total. The van der Waals surface area contributed by atoms with Crippen molar-refractivity contribution in [3.8, 4) is 0 Å². The number of allylic oxidation sites excluding steroid dienone is 1. The van der Waals surface area contributed by atoms with Crippen LogP contribution in [0.25, 0.3) is 0 Å². The zero-order valence-corrected chi connectivity index (χ0v) is 21.4. The van der Waals surface area contributed by atoms with E-state index in [0.717, 1.165) is 24.8 Å².